The maximum absolute atomic E-state index is 5.65. The molecule has 1 aliphatic heterocycles. The van der Waals surface area contributed by atoms with Crippen molar-refractivity contribution in [3.63, 3.8) is 0 Å². The first-order valence-corrected chi connectivity index (χ1v) is 8.50. The number of nitrogens with one attached hydrogen (secondary N) is 1. The Bertz CT molecular complexity index is 400. The first-order chi connectivity index (χ1) is 10.7. The zero-order chi connectivity index (χ0) is 15.6. The Kier molecular flexibility index (Phi) is 7.71. The van der Waals surface area contributed by atoms with Crippen molar-refractivity contribution in [2.24, 2.45) is 0 Å². The van der Waals surface area contributed by atoms with E-state index in [9.17, 15) is 0 Å². The lowest BCUT2D eigenvalue weighted by Gasteiger charge is -2.26. The van der Waals surface area contributed by atoms with Crippen LogP contribution in [0.25, 0.3) is 0 Å². The van der Waals surface area contributed by atoms with Gasteiger partial charge in [-0.15, -0.1) is 0 Å². The van der Waals surface area contributed by atoms with Gasteiger partial charge in [-0.2, -0.15) is 0 Å². The quantitative estimate of drug-likeness (QED) is 0.711. The Morgan fingerprint density at radius 1 is 1.14 bits per heavy atom. The minimum absolute atomic E-state index is 0.232. The Labute approximate surface area is 134 Å². The van der Waals surface area contributed by atoms with E-state index in [1.54, 1.807) is 0 Å². The van der Waals surface area contributed by atoms with Gasteiger partial charge in [-0.3, -0.25) is 4.90 Å². The van der Waals surface area contributed by atoms with Gasteiger partial charge in [0.1, 0.15) is 5.75 Å². The van der Waals surface area contributed by atoms with Crippen molar-refractivity contribution >= 4 is 0 Å². The SMILES string of the molecule is CC(C)Oc1ccc(CNCCCCN2CCOCC2)cc1. The topological polar surface area (TPSA) is 33.7 Å². The molecule has 1 N–H and O–H groups in total. The van der Waals surface area contributed by atoms with Crippen LogP contribution >= 0.6 is 0 Å². The predicted octanol–water partition coefficient (Wildman–Crippen LogP) is 2.68. The molecule has 1 aliphatic rings. The predicted molar refractivity (Wildman–Crippen MR) is 90.4 cm³/mol. The van der Waals surface area contributed by atoms with E-state index in [-0.39, 0.29) is 6.10 Å². The second-order valence-corrected chi connectivity index (χ2v) is 6.15. The molecule has 4 nitrogen and oxygen atoms in total. The van der Waals surface area contributed by atoms with Gasteiger partial charge < -0.3 is 14.8 Å². The highest BCUT2D eigenvalue weighted by Gasteiger charge is 2.08. The third-order valence-corrected chi connectivity index (χ3v) is 3.81. The highest BCUT2D eigenvalue weighted by Crippen LogP contribution is 2.13. The molecule has 1 saturated heterocycles. The third kappa shape index (κ3) is 6.77. The van der Waals surface area contributed by atoms with Gasteiger partial charge in [0.15, 0.2) is 0 Å². The van der Waals surface area contributed by atoms with E-state index in [1.807, 2.05) is 13.8 Å². The van der Waals surface area contributed by atoms with Gasteiger partial charge in [0.25, 0.3) is 0 Å². The van der Waals surface area contributed by atoms with Crippen LogP contribution in [-0.2, 0) is 11.3 Å². The van der Waals surface area contributed by atoms with Gasteiger partial charge in [0.05, 0.1) is 19.3 Å². The molecule has 0 aliphatic carbocycles. The third-order valence-electron chi connectivity index (χ3n) is 3.81. The molecular weight excluding hydrogens is 276 g/mol. The zero-order valence-corrected chi connectivity index (χ0v) is 14.0. The number of nitrogens with zero attached hydrogens (tertiary/aromatic N) is 1. The smallest absolute Gasteiger partial charge is 0.119 e. The summed E-state index contributed by atoms with van der Waals surface area (Å²) in [5.74, 6) is 0.948. The minimum atomic E-state index is 0.232. The van der Waals surface area contributed by atoms with Crippen LogP contribution in [0.15, 0.2) is 24.3 Å². The molecule has 0 spiro atoms. The summed E-state index contributed by atoms with van der Waals surface area (Å²) >= 11 is 0. The van der Waals surface area contributed by atoms with Crippen molar-refractivity contribution < 1.29 is 9.47 Å². The van der Waals surface area contributed by atoms with Crippen LogP contribution in [0.1, 0.15) is 32.3 Å². The van der Waals surface area contributed by atoms with Gasteiger partial charge in [-0.05, 0) is 57.5 Å². The number of unbranched alkanes of at least 4 members (excludes halogenated alkanes) is 1. The molecule has 1 aromatic carbocycles. The van der Waals surface area contributed by atoms with Crippen LogP contribution in [-0.4, -0.2) is 50.4 Å². The maximum atomic E-state index is 5.65. The fourth-order valence-corrected chi connectivity index (χ4v) is 2.60. The van der Waals surface area contributed by atoms with E-state index < -0.39 is 0 Å². The van der Waals surface area contributed by atoms with Gasteiger partial charge in [0.2, 0.25) is 0 Å². The van der Waals surface area contributed by atoms with E-state index in [1.165, 1.54) is 24.9 Å². The largest absolute Gasteiger partial charge is 0.491 e. The fraction of sp³-hybridized carbons (Fsp3) is 0.667. The van der Waals surface area contributed by atoms with Crippen LogP contribution < -0.4 is 10.1 Å². The minimum Gasteiger partial charge on any atom is -0.491 e. The van der Waals surface area contributed by atoms with E-state index in [4.69, 9.17) is 9.47 Å². The first kappa shape index (κ1) is 17.3. The molecule has 1 heterocycles. The second-order valence-electron chi connectivity index (χ2n) is 6.15. The molecule has 1 aromatic rings. The van der Waals surface area contributed by atoms with Crippen molar-refractivity contribution in [3.8, 4) is 5.75 Å². The lowest BCUT2D eigenvalue weighted by molar-refractivity contribution is 0.0372. The molecule has 0 aromatic heterocycles. The molecule has 2 rings (SSSR count). The van der Waals surface area contributed by atoms with E-state index in [2.05, 4.69) is 34.5 Å². The molecular formula is C18H30N2O2. The summed E-state index contributed by atoms with van der Waals surface area (Å²) in [4.78, 5) is 2.50. The second kappa shape index (κ2) is 9.82. The Morgan fingerprint density at radius 3 is 2.55 bits per heavy atom. The highest BCUT2D eigenvalue weighted by molar-refractivity contribution is 5.27. The zero-order valence-electron chi connectivity index (χ0n) is 14.0. The molecule has 0 unspecified atom stereocenters. The molecule has 0 amide bonds. The van der Waals surface area contributed by atoms with Crippen molar-refractivity contribution in [1.29, 1.82) is 0 Å². The molecule has 22 heavy (non-hydrogen) atoms. The summed E-state index contributed by atoms with van der Waals surface area (Å²) in [5.41, 5.74) is 1.31. The van der Waals surface area contributed by atoms with Crippen LogP contribution in [0.2, 0.25) is 0 Å². The number of ether oxygens (including phenoxy) is 2. The first-order valence-electron chi connectivity index (χ1n) is 8.50. The van der Waals surface area contributed by atoms with Gasteiger partial charge >= 0.3 is 0 Å². The number of morpholine rings is 1. The maximum Gasteiger partial charge on any atom is 0.119 e. The van der Waals surface area contributed by atoms with Crippen LogP contribution in [0.5, 0.6) is 5.75 Å². The normalized spacial score (nSPS) is 16.1. The van der Waals surface area contributed by atoms with Gasteiger partial charge in [0, 0.05) is 19.6 Å². The molecule has 0 atom stereocenters. The summed E-state index contributed by atoms with van der Waals surface area (Å²) in [6.07, 6.45) is 2.72. The summed E-state index contributed by atoms with van der Waals surface area (Å²) in [6.45, 7) is 11.3. The molecule has 4 heteroatoms. The summed E-state index contributed by atoms with van der Waals surface area (Å²) in [5, 5.41) is 3.52. The number of rotatable bonds is 9. The lowest BCUT2D eigenvalue weighted by atomic mass is 10.2. The molecule has 0 bridgehead atoms. The van der Waals surface area contributed by atoms with Gasteiger partial charge in [-0.25, -0.2) is 0 Å². The number of benzene rings is 1. The Balaban J connectivity index is 1.52. The molecule has 0 saturated carbocycles. The van der Waals surface area contributed by atoms with Crippen molar-refractivity contribution in [2.45, 2.75) is 39.3 Å². The van der Waals surface area contributed by atoms with E-state index in [0.717, 1.165) is 45.1 Å². The fourth-order valence-electron chi connectivity index (χ4n) is 2.60. The average Bonchev–Trinajstić information content (AvgIpc) is 2.53. The van der Waals surface area contributed by atoms with Gasteiger partial charge in [-0.1, -0.05) is 12.1 Å². The summed E-state index contributed by atoms with van der Waals surface area (Å²) in [6, 6.07) is 8.38. The Morgan fingerprint density at radius 2 is 1.86 bits per heavy atom. The van der Waals surface area contributed by atoms with Crippen LogP contribution in [0, 0.1) is 0 Å². The molecule has 0 radical (unpaired) electrons. The van der Waals surface area contributed by atoms with Crippen molar-refractivity contribution in [2.75, 3.05) is 39.4 Å². The van der Waals surface area contributed by atoms with Crippen molar-refractivity contribution in [3.05, 3.63) is 29.8 Å². The highest BCUT2D eigenvalue weighted by atomic mass is 16.5. The van der Waals surface area contributed by atoms with Crippen molar-refractivity contribution in [1.82, 2.24) is 10.2 Å². The lowest BCUT2D eigenvalue weighted by Crippen LogP contribution is -2.37. The van der Waals surface area contributed by atoms with E-state index >= 15 is 0 Å². The molecule has 1 fully saturated rings. The summed E-state index contributed by atoms with van der Waals surface area (Å²) in [7, 11) is 0. The Hall–Kier alpha value is -1.10. The van der Waals surface area contributed by atoms with Crippen LogP contribution in [0.3, 0.4) is 0 Å². The number of hydrogen-bond donors (Lipinski definition) is 1. The standard InChI is InChI=1S/C18H30N2O2/c1-16(2)22-18-7-5-17(6-8-18)15-19-9-3-4-10-20-11-13-21-14-12-20/h5-8,16,19H,3-4,9-15H2,1-2H3. The average molecular weight is 306 g/mol. The summed E-state index contributed by atoms with van der Waals surface area (Å²) < 4.78 is 11.0. The van der Waals surface area contributed by atoms with Crippen LogP contribution in [0.4, 0.5) is 0 Å². The molecule has 124 valence electrons. The monoisotopic (exact) mass is 306 g/mol. The van der Waals surface area contributed by atoms with E-state index in [0.29, 0.717) is 0 Å². The number of hydrogen-bond acceptors (Lipinski definition) is 4.